The number of nitro benzene ring substituents is 1. The summed E-state index contributed by atoms with van der Waals surface area (Å²) in [6.45, 7) is 3.64. The molecule has 0 fully saturated rings. The zero-order valence-corrected chi connectivity index (χ0v) is 11.7. The van der Waals surface area contributed by atoms with Crippen LogP contribution in [0.3, 0.4) is 0 Å². The van der Waals surface area contributed by atoms with Crippen molar-refractivity contribution < 1.29 is 14.5 Å². The Morgan fingerprint density at radius 2 is 2.24 bits per heavy atom. The van der Waals surface area contributed by atoms with Gasteiger partial charge in [0.1, 0.15) is 0 Å². The minimum absolute atomic E-state index is 0.0849. The van der Waals surface area contributed by atoms with Crippen molar-refractivity contribution in [2.24, 2.45) is 0 Å². The Bertz CT molecular complexity index is 650. The number of ketones is 1. The van der Waals surface area contributed by atoms with Crippen LogP contribution in [0.4, 0.5) is 5.69 Å². The van der Waals surface area contributed by atoms with Crippen LogP contribution >= 0.6 is 0 Å². The predicted molar refractivity (Wildman–Crippen MR) is 75.4 cm³/mol. The summed E-state index contributed by atoms with van der Waals surface area (Å²) < 4.78 is 6.98. The van der Waals surface area contributed by atoms with Crippen molar-refractivity contribution in [3.8, 4) is 5.75 Å². The number of imidazole rings is 1. The maximum atomic E-state index is 12.1. The summed E-state index contributed by atoms with van der Waals surface area (Å²) in [6, 6.07) is 4.24. The van der Waals surface area contributed by atoms with E-state index in [0.29, 0.717) is 0 Å². The molecule has 7 heteroatoms. The van der Waals surface area contributed by atoms with Crippen LogP contribution in [0.15, 0.2) is 36.9 Å². The SMILES string of the molecule is CC(C)Oc1ccc(C(=O)Cn2ccnc2)cc1[N+](=O)[O-]. The first-order chi connectivity index (χ1) is 9.97. The molecule has 1 heterocycles. The lowest BCUT2D eigenvalue weighted by Gasteiger charge is -2.10. The van der Waals surface area contributed by atoms with Gasteiger partial charge in [-0.2, -0.15) is 0 Å². The molecule has 0 unspecified atom stereocenters. The van der Waals surface area contributed by atoms with Gasteiger partial charge in [0.2, 0.25) is 0 Å². The standard InChI is InChI=1S/C14H15N3O4/c1-10(2)21-14-4-3-11(7-12(14)17(19)20)13(18)8-16-6-5-15-9-16/h3-7,9-10H,8H2,1-2H3. The second-order valence-corrected chi connectivity index (χ2v) is 4.76. The molecule has 2 aromatic rings. The first-order valence-corrected chi connectivity index (χ1v) is 6.41. The fraction of sp³-hybridized carbons (Fsp3) is 0.286. The minimum atomic E-state index is -0.550. The third-order valence-electron chi connectivity index (χ3n) is 2.73. The Morgan fingerprint density at radius 1 is 1.48 bits per heavy atom. The highest BCUT2D eigenvalue weighted by Gasteiger charge is 2.19. The number of ether oxygens (including phenoxy) is 1. The first-order valence-electron chi connectivity index (χ1n) is 6.41. The zero-order chi connectivity index (χ0) is 15.4. The van der Waals surface area contributed by atoms with Gasteiger partial charge in [-0.15, -0.1) is 0 Å². The van der Waals surface area contributed by atoms with Crippen LogP contribution in [-0.2, 0) is 6.54 Å². The van der Waals surface area contributed by atoms with E-state index in [1.54, 1.807) is 30.8 Å². The average Bonchev–Trinajstić information content (AvgIpc) is 2.91. The van der Waals surface area contributed by atoms with Crippen LogP contribution in [0.5, 0.6) is 5.75 Å². The lowest BCUT2D eigenvalue weighted by molar-refractivity contribution is -0.386. The Balaban J connectivity index is 2.26. The molecule has 0 aliphatic carbocycles. The second kappa shape index (κ2) is 6.17. The number of hydrogen-bond donors (Lipinski definition) is 0. The topological polar surface area (TPSA) is 87.3 Å². The Labute approximate surface area is 121 Å². The number of hydrogen-bond acceptors (Lipinski definition) is 5. The molecular weight excluding hydrogens is 274 g/mol. The molecule has 0 bridgehead atoms. The summed E-state index contributed by atoms with van der Waals surface area (Å²) >= 11 is 0. The fourth-order valence-electron chi connectivity index (χ4n) is 1.82. The molecule has 1 aromatic carbocycles. The average molecular weight is 289 g/mol. The van der Waals surface area contributed by atoms with E-state index in [-0.39, 0.29) is 35.4 Å². The Kier molecular flexibility index (Phi) is 4.32. The number of Topliss-reactive ketones (excluding diaryl/α,β-unsaturated/α-hetero) is 1. The van der Waals surface area contributed by atoms with E-state index >= 15 is 0 Å². The normalized spacial score (nSPS) is 10.6. The van der Waals surface area contributed by atoms with Crippen molar-refractivity contribution in [1.29, 1.82) is 0 Å². The quantitative estimate of drug-likeness (QED) is 0.463. The van der Waals surface area contributed by atoms with Gasteiger partial charge < -0.3 is 9.30 Å². The van der Waals surface area contributed by atoms with Crippen molar-refractivity contribution in [2.45, 2.75) is 26.5 Å². The monoisotopic (exact) mass is 289 g/mol. The van der Waals surface area contributed by atoms with Gasteiger partial charge in [0.05, 0.1) is 23.9 Å². The maximum Gasteiger partial charge on any atom is 0.311 e. The van der Waals surface area contributed by atoms with Gasteiger partial charge in [-0.1, -0.05) is 0 Å². The van der Waals surface area contributed by atoms with Crippen LogP contribution in [-0.4, -0.2) is 26.4 Å². The highest BCUT2D eigenvalue weighted by Crippen LogP contribution is 2.29. The van der Waals surface area contributed by atoms with Gasteiger partial charge in [0, 0.05) is 24.0 Å². The molecule has 0 saturated carbocycles. The molecule has 7 nitrogen and oxygen atoms in total. The van der Waals surface area contributed by atoms with Gasteiger partial charge in [-0.3, -0.25) is 14.9 Å². The summed E-state index contributed by atoms with van der Waals surface area (Å²) in [7, 11) is 0. The van der Waals surface area contributed by atoms with Crippen LogP contribution in [0.25, 0.3) is 0 Å². The van der Waals surface area contributed by atoms with Gasteiger partial charge >= 0.3 is 5.69 Å². The number of nitro groups is 1. The van der Waals surface area contributed by atoms with Crippen molar-refractivity contribution in [1.82, 2.24) is 9.55 Å². The highest BCUT2D eigenvalue weighted by atomic mass is 16.6. The molecular formula is C14H15N3O4. The van der Waals surface area contributed by atoms with Gasteiger partial charge in [0.25, 0.3) is 0 Å². The number of nitrogens with zero attached hydrogens (tertiary/aromatic N) is 3. The van der Waals surface area contributed by atoms with Crippen LogP contribution in [0.2, 0.25) is 0 Å². The Hall–Kier alpha value is -2.70. The summed E-state index contributed by atoms with van der Waals surface area (Å²) in [5.74, 6) is -0.0682. The predicted octanol–water partition coefficient (Wildman–Crippen LogP) is 2.46. The molecule has 0 aliphatic heterocycles. The number of carbonyl (C=O) groups excluding carboxylic acids is 1. The molecule has 21 heavy (non-hydrogen) atoms. The summed E-state index contributed by atoms with van der Waals surface area (Å²) in [5.41, 5.74) is 0.0617. The summed E-state index contributed by atoms with van der Waals surface area (Å²) in [6.07, 6.45) is 4.55. The molecule has 0 radical (unpaired) electrons. The van der Waals surface area contributed by atoms with Gasteiger partial charge in [-0.25, -0.2) is 4.98 Å². The lowest BCUT2D eigenvalue weighted by atomic mass is 10.1. The van der Waals surface area contributed by atoms with Crippen LogP contribution in [0.1, 0.15) is 24.2 Å². The fourth-order valence-corrected chi connectivity index (χ4v) is 1.82. The maximum absolute atomic E-state index is 12.1. The third-order valence-corrected chi connectivity index (χ3v) is 2.73. The molecule has 110 valence electrons. The van der Waals surface area contributed by atoms with Crippen LogP contribution < -0.4 is 4.74 Å². The third kappa shape index (κ3) is 3.65. The number of rotatable bonds is 6. The van der Waals surface area contributed by atoms with E-state index in [9.17, 15) is 14.9 Å². The number of benzene rings is 1. The number of aromatic nitrogens is 2. The highest BCUT2D eigenvalue weighted by molar-refractivity contribution is 5.96. The van der Waals surface area contributed by atoms with Crippen LogP contribution in [0, 0.1) is 10.1 Å². The molecule has 0 aliphatic rings. The largest absolute Gasteiger partial charge is 0.484 e. The minimum Gasteiger partial charge on any atom is -0.484 e. The van der Waals surface area contributed by atoms with Crippen molar-refractivity contribution in [2.75, 3.05) is 0 Å². The van der Waals surface area contributed by atoms with E-state index in [4.69, 9.17) is 4.74 Å². The van der Waals surface area contributed by atoms with E-state index in [2.05, 4.69) is 4.98 Å². The molecule has 0 saturated heterocycles. The van der Waals surface area contributed by atoms with Crippen molar-refractivity contribution in [3.05, 3.63) is 52.6 Å². The van der Waals surface area contributed by atoms with E-state index in [1.165, 1.54) is 24.5 Å². The Morgan fingerprint density at radius 3 is 2.81 bits per heavy atom. The van der Waals surface area contributed by atoms with Crippen molar-refractivity contribution in [3.63, 3.8) is 0 Å². The molecule has 0 spiro atoms. The summed E-state index contributed by atoms with van der Waals surface area (Å²) in [4.78, 5) is 26.5. The zero-order valence-electron chi connectivity index (χ0n) is 11.7. The van der Waals surface area contributed by atoms with E-state index in [0.717, 1.165) is 0 Å². The molecule has 0 atom stereocenters. The van der Waals surface area contributed by atoms with Gasteiger partial charge in [-0.05, 0) is 26.0 Å². The first kappa shape index (κ1) is 14.7. The second-order valence-electron chi connectivity index (χ2n) is 4.76. The van der Waals surface area contributed by atoms with Gasteiger partial charge in [0.15, 0.2) is 11.5 Å². The molecule has 0 amide bonds. The number of carbonyl (C=O) groups is 1. The smallest absolute Gasteiger partial charge is 0.311 e. The lowest BCUT2D eigenvalue weighted by Crippen LogP contribution is -2.11. The summed E-state index contributed by atoms with van der Waals surface area (Å²) in [5, 5.41) is 11.1. The molecule has 1 aromatic heterocycles. The molecule has 0 N–H and O–H groups in total. The molecule has 2 rings (SSSR count). The van der Waals surface area contributed by atoms with E-state index < -0.39 is 4.92 Å². The van der Waals surface area contributed by atoms with Crippen molar-refractivity contribution >= 4 is 11.5 Å². The van der Waals surface area contributed by atoms with E-state index in [1.807, 2.05) is 0 Å².